The van der Waals surface area contributed by atoms with Gasteiger partial charge in [-0.2, -0.15) is 0 Å². The number of fused-ring (bicyclic) bond motifs is 1. The molecule has 0 saturated heterocycles. The molecular weight excluding hydrogens is 384 g/mol. The van der Waals surface area contributed by atoms with Crippen LogP contribution in [0.2, 0.25) is 0 Å². The van der Waals surface area contributed by atoms with Crippen molar-refractivity contribution < 1.29 is 10.2 Å². The van der Waals surface area contributed by atoms with Crippen LogP contribution >= 0.6 is 0 Å². The van der Waals surface area contributed by atoms with Crippen molar-refractivity contribution in [2.45, 2.75) is 71.0 Å². The predicted octanol–water partition coefficient (Wildman–Crippen LogP) is 4.96. The first-order chi connectivity index (χ1) is 15.1. The van der Waals surface area contributed by atoms with Crippen LogP contribution in [-0.4, -0.2) is 33.9 Å². The number of hydrogen-bond acceptors (Lipinski definition) is 4. The molecule has 4 heteroatoms. The first kappa shape index (κ1) is 23.6. The van der Waals surface area contributed by atoms with Crippen LogP contribution < -0.4 is 5.32 Å². The molecule has 0 unspecified atom stereocenters. The number of anilines is 1. The molecule has 0 radical (unpaired) electrons. The molecule has 31 heavy (non-hydrogen) atoms. The van der Waals surface area contributed by atoms with Gasteiger partial charge in [0.25, 0.3) is 0 Å². The third-order valence-corrected chi connectivity index (χ3v) is 6.86. The Kier molecular flexibility index (Phi) is 9.18. The van der Waals surface area contributed by atoms with Gasteiger partial charge in [0.05, 0.1) is 12.2 Å². The molecule has 0 aromatic carbocycles. The van der Waals surface area contributed by atoms with Crippen LogP contribution in [-0.2, 0) is 0 Å². The Labute approximate surface area is 187 Å². The maximum atomic E-state index is 10.6. The molecule has 1 heterocycles. The first-order valence-corrected chi connectivity index (χ1v) is 11.8. The lowest BCUT2D eigenvalue weighted by atomic mass is 9.89. The lowest BCUT2D eigenvalue weighted by molar-refractivity contribution is 0.137. The number of unbranched alkanes of at least 4 members (excludes halogenated alkanes) is 2. The highest BCUT2D eigenvalue weighted by molar-refractivity contribution is 5.32. The topological polar surface area (TPSA) is 65.4 Å². The lowest BCUT2D eigenvalue weighted by Crippen LogP contribution is -2.19. The number of aromatic nitrogens is 1. The number of aliphatic hydroxyl groups excluding tert-OH is 2. The van der Waals surface area contributed by atoms with Gasteiger partial charge in [0, 0.05) is 25.1 Å². The van der Waals surface area contributed by atoms with Crippen molar-refractivity contribution in [1.29, 1.82) is 0 Å². The summed E-state index contributed by atoms with van der Waals surface area (Å²) in [5, 5.41) is 24.3. The first-order valence-electron chi connectivity index (χ1n) is 11.8. The number of allylic oxidation sites excluding steroid dienone is 2. The van der Waals surface area contributed by atoms with Gasteiger partial charge in [-0.3, -0.25) is 0 Å². The van der Waals surface area contributed by atoms with Crippen LogP contribution in [0.3, 0.4) is 0 Å². The second kappa shape index (κ2) is 12.1. The van der Waals surface area contributed by atoms with Gasteiger partial charge >= 0.3 is 0 Å². The van der Waals surface area contributed by atoms with Crippen LogP contribution in [0.1, 0.15) is 58.8 Å². The maximum Gasteiger partial charge on any atom is 0.125 e. The third-order valence-electron chi connectivity index (χ3n) is 6.86. The quantitative estimate of drug-likeness (QED) is 0.283. The zero-order valence-corrected chi connectivity index (χ0v) is 19.0. The highest BCUT2D eigenvalue weighted by Gasteiger charge is 2.44. The fraction of sp³-hybridized carbons (Fsp3) is 0.593. The molecule has 168 valence electrons. The van der Waals surface area contributed by atoms with Gasteiger partial charge in [0.1, 0.15) is 5.82 Å². The minimum Gasteiger partial charge on any atom is -0.392 e. The van der Waals surface area contributed by atoms with Crippen molar-refractivity contribution in [2.24, 2.45) is 23.7 Å². The van der Waals surface area contributed by atoms with E-state index in [-0.39, 0.29) is 17.9 Å². The summed E-state index contributed by atoms with van der Waals surface area (Å²) in [5.74, 6) is 8.26. The molecule has 0 spiro atoms. The summed E-state index contributed by atoms with van der Waals surface area (Å²) >= 11 is 0. The van der Waals surface area contributed by atoms with E-state index in [1.165, 1.54) is 6.42 Å². The van der Waals surface area contributed by atoms with Gasteiger partial charge in [-0.05, 0) is 75.3 Å². The molecule has 2 saturated carbocycles. The minimum absolute atomic E-state index is 0.115. The van der Waals surface area contributed by atoms with Gasteiger partial charge in [-0.25, -0.2) is 4.98 Å². The van der Waals surface area contributed by atoms with Crippen molar-refractivity contribution in [3.05, 3.63) is 48.2 Å². The molecule has 3 N–H and O–H groups in total. The second-order valence-electron chi connectivity index (χ2n) is 9.20. The van der Waals surface area contributed by atoms with Crippen molar-refractivity contribution in [1.82, 2.24) is 4.98 Å². The largest absolute Gasteiger partial charge is 0.392 e. The molecule has 2 aliphatic carbocycles. The van der Waals surface area contributed by atoms with E-state index >= 15 is 0 Å². The summed E-state index contributed by atoms with van der Waals surface area (Å²) < 4.78 is 0. The number of hydrogen-bond donors (Lipinski definition) is 3. The van der Waals surface area contributed by atoms with E-state index < -0.39 is 6.10 Å². The summed E-state index contributed by atoms with van der Waals surface area (Å²) in [5.41, 5.74) is 1.56. The number of nitrogens with one attached hydrogen (secondary N) is 1. The Morgan fingerprint density at radius 3 is 2.94 bits per heavy atom. The Bertz CT molecular complexity index is 792. The molecule has 2 aliphatic rings. The highest BCUT2D eigenvalue weighted by atomic mass is 16.3. The standard InChI is InChI=1S/C27H38N2O2/c1-3-4-10-20(2)25(30)14-13-23-24-18-21(17-22(24)19-26(23)31)11-6-5-8-15-28-27-12-7-9-16-29-27/h7,9,11-14,16,20,22-26,30-31H,5-6,8,10,15,17-19H2,1-2H3,(H,28,29)/t20-,22-,23+,24-,25+,26+/m0/s1. The smallest absolute Gasteiger partial charge is 0.125 e. The molecular formula is C27H38N2O2. The van der Waals surface area contributed by atoms with E-state index in [9.17, 15) is 10.2 Å². The van der Waals surface area contributed by atoms with Crippen LogP contribution in [0.25, 0.3) is 0 Å². The van der Waals surface area contributed by atoms with Gasteiger partial charge < -0.3 is 15.5 Å². The zero-order valence-electron chi connectivity index (χ0n) is 19.0. The SMILES string of the molecule is CC#CC[C@H](C)[C@H](O)C=C[C@@H]1[C@H]2CC(=CCCCCNc3ccccn3)C[C@H]2C[C@H]1O. The summed E-state index contributed by atoms with van der Waals surface area (Å²) in [6.07, 6.45) is 14.7. The van der Waals surface area contributed by atoms with Gasteiger partial charge in [-0.1, -0.05) is 36.8 Å². The van der Waals surface area contributed by atoms with E-state index in [4.69, 9.17) is 0 Å². The lowest BCUT2D eigenvalue weighted by Gasteiger charge is -2.19. The Morgan fingerprint density at radius 2 is 2.16 bits per heavy atom. The molecule has 6 atom stereocenters. The van der Waals surface area contributed by atoms with Crippen LogP contribution in [0.5, 0.6) is 0 Å². The minimum atomic E-state index is -0.497. The summed E-state index contributed by atoms with van der Waals surface area (Å²) in [4.78, 5) is 4.28. The van der Waals surface area contributed by atoms with Gasteiger partial charge in [0.2, 0.25) is 0 Å². The predicted molar refractivity (Wildman–Crippen MR) is 127 cm³/mol. The van der Waals surface area contributed by atoms with Crippen molar-refractivity contribution in [2.75, 3.05) is 11.9 Å². The molecule has 1 aromatic heterocycles. The molecule has 0 aliphatic heterocycles. The number of nitrogens with zero attached hydrogens (tertiary/aromatic N) is 1. The molecule has 4 nitrogen and oxygen atoms in total. The maximum absolute atomic E-state index is 10.6. The Morgan fingerprint density at radius 1 is 1.29 bits per heavy atom. The van der Waals surface area contributed by atoms with Crippen molar-refractivity contribution in [3.8, 4) is 11.8 Å². The van der Waals surface area contributed by atoms with E-state index in [1.807, 2.05) is 44.3 Å². The normalized spacial score (nSPS) is 28.3. The number of rotatable bonds is 10. The molecule has 1 aromatic rings. The zero-order chi connectivity index (χ0) is 22.1. The number of aliphatic hydroxyl groups is 2. The number of pyridine rings is 1. The van der Waals surface area contributed by atoms with E-state index in [0.717, 1.165) is 44.5 Å². The van der Waals surface area contributed by atoms with Crippen molar-refractivity contribution in [3.63, 3.8) is 0 Å². The molecule has 3 rings (SSSR count). The van der Waals surface area contributed by atoms with Crippen LogP contribution in [0.4, 0.5) is 5.82 Å². The molecule has 0 amide bonds. The second-order valence-corrected chi connectivity index (χ2v) is 9.20. The average Bonchev–Trinajstić information content (AvgIpc) is 3.29. The molecule has 0 bridgehead atoms. The van der Waals surface area contributed by atoms with Gasteiger partial charge in [-0.15, -0.1) is 11.8 Å². The van der Waals surface area contributed by atoms with E-state index in [2.05, 4.69) is 34.3 Å². The van der Waals surface area contributed by atoms with E-state index in [1.54, 1.807) is 5.57 Å². The van der Waals surface area contributed by atoms with Gasteiger partial charge in [0.15, 0.2) is 0 Å². The fourth-order valence-corrected chi connectivity index (χ4v) is 5.01. The van der Waals surface area contributed by atoms with E-state index in [0.29, 0.717) is 18.3 Å². The monoisotopic (exact) mass is 422 g/mol. The van der Waals surface area contributed by atoms with Crippen LogP contribution in [0, 0.1) is 35.5 Å². The summed E-state index contributed by atoms with van der Waals surface area (Å²) in [6, 6.07) is 5.93. The highest BCUT2D eigenvalue weighted by Crippen LogP contribution is 2.50. The van der Waals surface area contributed by atoms with Crippen molar-refractivity contribution >= 4 is 5.82 Å². The third kappa shape index (κ3) is 6.95. The fourth-order valence-electron chi connectivity index (χ4n) is 5.01. The molecule has 2 fully saturated rings. The van der Waals surface area contributed by atoms with Crippen LogP contribution in [0.15, 0.2) is 48.2 Å². The Balaban J connectivity index is 1.41. The summed E-state index contributed by atoms with van der Waals surface area (Å²) in [6.45, 7) is 4.80. The average molecular weight is 423 g/mol. The Hall–Kier alpha value is -2.09. The summed E-state index contributed by atoms with van der Waals surface area (Å²) in [7, 11) is 0.